The fraction of sp³-hybridized carbons (Fsp3) is 0.462. The SMILES string of the molecule is COc1ccc([C@@H]2SCC(=O)N2C[C@@H](C)O)cc1. The van der Waals surface area contributed by atoms with Gasteiger partial charge in [-0.25, -0.2) is 0 Å². The predicted octanol–water partition coefficient (Wildman–Crippen LogP) is 1.65. The number of aliphatic hydroxyl groups is 1. The molecule has 1 aromatic rings. The van der Waals surface area contributed by atoms with Gasteiger partial charge in [-0.2, -0.15) is 0 Å². The maximum absolute atomic E-state index is 11.8. The van der Waals surface area contributed by atoms with E-state index in [1.165, 1.54) is 0 Å². The molecule has 2 atom stereocenters. The Morgan fingerprint density at radius 3 is 2.72 bits per heavy atom. The van der Waals surface area contributed by atoms with Crippen LogP contribution < -0.4 is 4.74 Å². The van der Waals surface area contributed by atoms with Crippen molar-refractivity contribution in [3.8, 4) is 5.75 Å². The molecule has 1 aromatic carbocycles. The number of carbonyl (C=O) groups is 1. The summed E-state index contributed by atoms with van der Waals surface area (Å²) in [6.45, 7) is 2.07. The number of rotatable bonds is 4. The summed E-state index contributed by atoms with van der Waals surface area (Å²) in [6.07, 6.45) is -0.506. The average molecular weight is 267 g/mol. The van der Waals surface area contributed by atoms with Gasteiger partial charge in [0.05, 0.1) is 19.0 Å². The zero-order valence-electron chi connectivity index (χ0n) is 10.5. The van der Waals surface area contributed by atoms with Gasteiger partial charge in [-0.1, -0.05) is 12.1 Å². The highest BCUT2D eigenvalue weighted by Gasteiger charge is 2.33. The molecule has 1 fully saturated rings. The van der Waals surface area contributed by atoms with E-state index in [1.54, 1.807) is 30.7 Å². The Balaban J connectivity index is 2.17. The van der Waals surface area contributed by atoms with Gasteiger partial charge in [0.25, 0.3) is 0 Å². The maximum atomic E-state index is 11.8. The molecule has 1 aliphatic heterocycles. The smallest absolute Gasteiger partial charge is 0.233 e. The molecule has 0 bridgehead atoms. The quantitative estimate of drug-likeness (QED) is 0.901. The Hall–Kier alpha value is -1.20. The van der Waals surface area contributed by atoms with Crippen molar-refractivity contribution in [2.45, 2.75) is 18.4 Å². The fourth-order valence-corrected chi connectivity index (χ4v) is 3.18. The van der Waals surface area contributed by atoms with Crippen LogP contribution in [0, 0.1) is 0 Å². The minimum Gasteiger partial charge on any atom is -0.497 e. The third kappa shape index (κ3) is 2.79. The summed E-state index contributed by atoms with van der Waals surface area (Å²) >= 11 is 1.59. The lowest BCUT2D eigenvalue weighted by molar-refractivity contribution is -0.129. The molecule has 5 heteroatoms. The first-order valence-electron chi connectivity index (χ1n) is 5.85. The third-order valence-corrected chi connectivity index (χ3v) is 4.09. The average Bonchev–Trinajstić information content (AvgIpc) is 2.71. The van der Waals surface area contributed by atoms with Crippen LogP contribution in [0.25, 0.3) is 0 Å². The Bertz CT molecular complexity index is 419. The van der Waals surface area contributed by atoms with Gasteiger partial charge in [-0.3, -0.25) is 4.79 Å². The van der Waals surface area contributed by atoms with Crippen LogP contribution in [0.2, 0.25) is 0 Å². The number of carbonyl (C=O) groups excluding carboxylic acids is 1. The minimum atomic E-state index is -0.506. The Kier molecular flexibility index (Phi) is 4.14. The first-order chi connectivity index (χ1) is 8.61. The van der Waals surface area contributed by atoms with Crippen LogP contribution >= 0.6 is 11.8 Å². The number of hydrogen-bond acceptors (Lipinski definition) is 4. The van der Waals surface area contributed by atoms with Gasteiger partial charge in [0, 0.05) is 6.54 Å². The molecule has 0 aromatic heterocycles. The normalized spacial score (nSPS) is 21.2. The molecule has 0 unspecified atom stereocenters. The second kappa shape index (κ2) is 5.63. The van der Waals surface area contributed by atoms with Gasteiger partial charge in [0.15, 0.2) is 0 Å². The second-order valence-electron chi connectivity index (χ2n) is 4.33. The van der Waals surface area contributed by atoms with E-state index in [1.807, 2.05) is 24.3 Å². The lowest BCUT2D eigenvalue weighted by atomic mass is 10.2. The van der Waals surface area contributed by atoms with Crippen molar-refractivity contribution in [1.29, 1.82) is 0 Å². The molecule has 18 heavy (non-hydrogen) atoms. The zero-order valence-corrected chi connectivity index (χ0v) is 11.3. The standard InChI is InChI=1S/C13H17NO3S/c1-9(15)7-14-12(16)8-18-13(14)10-3-5-11(17-2)6-4-10/h3-6,9,13,15H,7-8H2,1-2H3/t9-,13+/m1/s1. The van der Waals surface area contributed by atoms with Crippen molar-refractivity contribution < 1.29 is 14.6 Å². The summed E-state index contributed by atoms with van der Waals surface area (Å²) in [6, 6.07) is 7.70. The summed E-state index contributed by atoms with van der Waals surface area (Å²) in [7, 11) is 1.63. The van der Waals surface area contributed by atoms with E-state index >= 15 is 0 Å². The fourth-order valence-electron chi connectivity index (χ4n) is 1.98. The van der Waals surface area contributed by atoms with Crippen molar-refractivity contribution in [1.82, 2.24) is 4.90 Å². The topological polar surface area (TPSA) is 49.8 Å². The highest BCUT2D eigenvalue weighted by Crippen LogP contribution is 2.38. The number of amides is 1. The molecule has 1 heterocycles. The van der Waals surface area contributed by atoms with Gasteiger partial charge < -0.3 is 14.7 Å². The van der Waals surface area contributed by atoms with Crippen molar-refractivity contribution in [3.05, 3.63) is 29.8 Å². The number of hydrogen-bond donors (Lipinski definition) is 1. The van der Waals surface area contributed by atoms with Gasteiger partial charge in [0.1, 0.15) is 11.1 Å². The van der Waals surface area contributed by atoms with E-state index in [4.69, 9.17) is 4.74 Å². The Labute approximate surface area is 111 Å². The Morgan fingerprint density at radius 2 is 2.17 bits per heavy atom. The van der Waals surface area contributed by atoms with Crippen LogP contribution in [0.5, 0.6) is 5.75 Å². The molecule has 4 nitrogen and oxygen atoms in total. The summed E-state index contributed by atoms with van der Waals surface area (Å²) in [4.78, 5) is 13.5. The van der Waals surface area contributed by atoms with Crippen molar-refractivity contribution >= 4 is 17.7 Å². The summed E-state index contributed by atoms with van der Waals surface area (Å²) in [5.74, 6) is 1.36. The molecule has 2 rings (SSSR count). The molecule has 0 spiro atoms. The maximum Gasteiger partial charge on any atom is 0.233 e. The van der Waals surface area contributed by atoms with E-state index in [0.29, 0.717) is 12.3 Å². The van der Waals surface area contributed by atoms with E-state index in [2.05, 4.69) is 0 Å². The number of benzene rings is 1. The molecule has 1 saturated heterocycles. The van der Waals surface area contributed by atoms with Gasteiger partial charge >= 0.3 is 0 Å². The van der Waals surface area contributed by atoms with Crippen molar-refractivity contribution in [2.24, 2.45) is 0 Å². The predicted molar refractivity (Wildman–Crippen MR) is 71.6 cm³/mol. The van der Waals surface area contributed by atoms with Gasteiger partial charge in [0.2, 0.25) is 5.91 Å². The Morgan fingerprint density at radius 1 is 1.50 bits per heavy atom. The number of nitrogens with zero attached hydrogens (tertiary/aromatic N) is 1. The highest BCUT2D eigenvalue weighted by atomic mass is 32.2. The molecular weight excluding hydrogens is 250 g/mol. The molecule has 0 aliphatic carbocycles. The highest BCUT2D eigenvalue weighted by molar-refractivity contribution is 8.00. The number of β-amino-alcohol motifs (C(OH)–C–C–N with tert-alkyl or cyclic N) is 1. The molecule has 0 saturated carbocycles. The largest absolute Gasteiger partial charge is 0.497 e. The van der Waals surface area contributed by atoms with Crippen LogP contribution in [0.3, 0.4) is 0 Å². The minimum absolute atomic E-state index is 0.00185. The van der Waals surface area contributed by atoms with Crippen LogP contribution in [0.15, 0.2) is 24.3 Å². The summed E-state index contributed by atoms with van der Waals surface area (Å²) in [5.41, 5.74) is 1.06. The molecule has 0 radical (unpaired) electrons. The lowest BCUT2D eigenvalue weighted by Crippen LogP contribution is -2.34. The van der Waals surface area contributed by atoms with Crippen molar-refractivity contribution in [2.75, 3.05) is 19.4 Å². The monoisotopic (exact) mass is 267 g/mol. The number of ether oxygens (including phenoxy) is 1. The molecule has 1 amide bonds. The molecule has 1 N–H and O–H groups in total. The van der Waals surface area contributed by atoms with Crippen LogP contribution in [0.1, 0.15) is 17.9 Å². The number of methoxy groups -OCH3 is 1. The van der Waals surface area contributed by atoms with Gasteiger partial charge in [-0.15, -0.1) is 11.8 Å². The first-order valence-corrected chi connectivity index (χ1v) is 6.90. The number of thioether (sulfide) groups is 1. The van der Waals surface area contributed by atoms with E-state index in [9.17, 15) is 9.90 Å². The summed E-state index contributed by atoms with van der Waals surface area (Å²) < 4.78 is 5.12. The second-order valence-corrected chi connectivity index (χ2v) is 5.40. The van der Waals surface area contributed by atoms with E-state index in [-0.39, 0.29) is 11.3 Å². The summed E-state index contributed by atoms with van der Waals surface area (Å²) in [5, 5.41) is 9.45. The molecule has 98 valence electrons. The molecule has 1 aliphatic rings. The van der Waals surface area contributed by atoms with Crippen LogP contribution in [0.4, 0.5) is 0 Å². The van der Waals surface area contributed by atoms with Crippen LogP contribution in [-0.2, 0) is 4.79 Å². The van der Waals surface area contributed by atoms with Crippen LogP contribution in [-0.4, -0.2) is 41.4 Å². The first kappa shape index (κ1) is 13.2. The molecular formula is C13H17NO3S. The van der Waals surface area contributed by atoms with Crippen molar-refractivity contribution in [3.63, 3.8) is 0 Å². The number of aliphatic hydroxyl groups excluding tert-OH is 1. The zero-order chi connectivity index (χ0) is 13.1. The third-order valence-electron chi connectivity index (χ3n) is 2.83. The van der Waals surface area contributed by atoms with Gasteiger partial charge in [-0.05, 0) is 24.6 Å². The van der Waals surface area contributed by atoms with E-state index < -0.39 is 6.10 Å². The van der Waals surface area contributed by atoms with E-state index in [0.717, 1.165) is 11.3 Å². The lowest BCUT2D eigenvalue weighted by Gasteiger charge is -2.25.